The van der Waals surface area contributed by atoms with Gasteiger partial charge in [0.2, 0.25) is 0 Å². The number of allylic oxidation sites excluding steroid dienone is 1. The number of benzene rings is 2. The van der Waals surface area contributed by atoms with Crippen LogP contribution in [-0.2, 0) is 15.9 Å². The molecule has 1 saturated heterocycles. The van der Waals surface area contributed by atoms with Gasteiger partial charge in [-0.1, -0.05) is 48.9 Å². The average Bonchev–Trinajstić information content (AvgIpc) is 3.10. The molecular formula is C34H43ClN2O4. The Morgan fingerprint density at radius 1 is 1.22 bits per heavy atom. The molecule has 3 heterocycles. The number of dihydropyridines is 1. The zero-order valence-corrected chi connectivity index (χ0v) is 25.4. The summed E-state index contributed by atoms with van der Waals surface area (Å²) < 4.78 is 12.2. The standard InChI is InChI=1S/C34H43ClN2O4/c1-5-40-23-33(4)22-37(19-16-34(33,39)24-10-13-26(35)14-11-24)18-7-9-27-28-8-6-17-36-30(28)21-41-31-15-12-25(20-29(27)31)32(2,3)38/h6,8-15,17,20,28,30,38-39H,5,7,16,18-19,21-23H2,1-4H3/b27-9+. The van der Waals surface area contributed by atoms with Crippen LogP contribution in [0.25, 0.3) is 5.57 Å². The summed E-state index contributed by atoms with van der Waals surface area (Å²) in [5.41, 5.74) is 1.51. The number of halogens is 1. The molecule has 4 atom stereocenters. The van der Waals surface area contributed by atoms with E-state index in [0.29, 0.717) is 37.8 Å². The van der Waals surface area contributed by atoms with Crippen molar-refractivity contribution in [2.75, 3.05) is 39.5 Å². The Kier molecular flexibility index (Phi) is 8.79. The van der Waals surface area contributed by atoms with Crippen LogP contribution in [0.5, 0.6) is 5.75 Å². The molecule has 5 rings (SSSR count). The van der Waals surface area contributed by atoms with Crippen molar-refractivity contribution >= 4 is 23.4 Å². The van der Waals surface area contributed by atoms with Crippen LogP contribution in [0.1, 0.15) is 57.2 Å². The summed E-state index contributed by atoms with van der Waals surface area (Å²) in [4.78, 5) is 7.16. The number of piperidine rings is 1. The minimum atomic E-state index is -1.01. The van der Waals surface area contributed by atoms with Gasteiger partial charge in [0, 0.05) is 54.4 Å². The van der Waals surface area contributed by atoms with Gasteiger partial charge < -0.3 is 24.6 Å². The van der Waals surface area contributed by atoms with Gasteiger partial charge in [-0.25, -0.2) is 0 Å². The van der Waals surface area contributed by atoms with Crippen LogP contribution < -0.4 is 4.74 Å². The number of ether oxygens (including phenoxy) is 2. The number of hydrogen-bond acceptors (Lipinski definition) is 6. The van der Waals surface area contributed by atoms with E-state index in [2.05, 4.69) is 30.0 Å². The van der Waals surface area contributed by atoms with Crippen molar-refractivity contribution < 1.29 is 19.7 Å². The third-order valence-corrected chi connectivity index (χ3v) is 9.23. The van der Waals surface area contributed by atoms with E-state index >= 15 is 0 Å². The number of fused-ring (bicyclic) bond motifs is 2. The molecule has 0 aromatic heterocycles. The average molecular weight is 579 g/mol. The van der Waals surface area contributed by atoms with Gasteiger partial charge in [-0.3, -0.25) is 4.99 Å². The monoisotopic (exact) mass is 578 g/mol. The van der Waals surface area contributed by atoms with E-state index in [1.165, 1.54) is 5.57 Å². The molecule has 220 valence electrons. The highest BCUT2D eigenvalue weighted by Crippen LogP contribution is 2.47. The molecular weight excluding hydrogens is 536 g/mol. The molecule has 0 amide bonds. The fraction of sp³-hybridized carbons (Fsp3) is 0.500. The minimum Gasteiger partial charge on any atom is -0.491 e. The molecule has 4 unspecified atom stereocenters. The Morgan fingerprint density at radius 3 is 2.73 bits per heavy atom. The first-order chi connectivity index (χ1) is 19.5. The second-order valence-electron chi connectivity index (χ2n) is 12.4. The van der Waals surface area contributed by atoms with Gasteiger partial charge in [-0.05, 0) is 80.7 Å². The first-order valence-electron chi connectivity index (χ1n) is 14.7. The van der Waals surface area contributed by atoms with Gasteiger partial charge in [0.25, 0.3) is 0 Å². The number of nitrogens with zero attached hydrogens (tertiary/aromatic N) is 2. The van der Waals surface area contributed by atoms with Crippen molar-refractivity contribution in [3.63, 3.8) is 0 Å². The molecule has 0 aliphatic carbocycles. The van der Waals surface area contributed by atoms with Gasteiger partial charge >= 0.3 is 0 Å². The lowest BCUT2D eigenvalue weighted by Gasteiger charge is -2.52. The number of aliphatic imine (C=N–C) groups is 1. The third-order valence-electron chi connectivity index (χ3n) is 8.98. The summed E-state index contributed by atoms with van der Waals surface area (Å²) in [6.07, 6.45) is 9.86. The molecule has 2 aromatic carbocycles. The minimum absolute atomic E-state index is 0.0167. The van der Waals surface area contributed by atoms with Gasteiger partial charge in [0.15, 0.2) is 0 Å². The maximum Gasteiger partial charge on any atom is 0.126 e. The van der Waals surface area contributed by atoms with E-state index in [1.54, 1.807) is 0 Å². The van der Waals surface area contributed by atoms with Crippen LogP contribution in [0.4, 0.5) is 0 Å². The number of rotatable bonds is 8. The van der Waals surface area contributed by atoms with Crippen molar-refractivity contribution in [3.05, 3.63) is 82.4 Å². The number of aliphatic hydroxyl groups is 2. The Labute approximate surface area is 249 Å². The first-order valence-corrected chi connectivity index (χ1v) is 15.1. The van der Waals surface area contributed by atoms with Crippen LogP contribution in [0.15, 0.2) is 65.7 Å². The van der Waals surface area contributed by atoms with Crippen LogP contribution in [0, 0.1) is 11.3 Å². The van der Waals surface area contributed by atoms with Crippen molar-refractivity contribution in [3.8, 4) is 5.75 Å². The quantitative estimate of drug-likeness (QED) is 0.402. The largest absolute Gasteiger partial charge is 0.491 e. The van der Waals surface area contributed by atoms with Gasteiger partial charge in [0.1, 0.15) is 12.4 Å². The summed E-state index contributed by atoms with van der Waals surface area (Å²) >= 11 is 6.16. The van der Waals surface area contributed by atoms with E-state index in [-0.39, 0.29) is 12.0 Å². The molecule has 3 aliphatic rings. The predicted octanol–water partition coefficient (Wildman–Crippen LogP) is 6.00. The molecule has 7 heteroatoms. The Bertz CT molecular complexity index is 1310. The summed E-state index contributed by atoms with van der Waals surface area (Å²) in [5.74, 6) is 0.940. The lowest BCUT2D eigenvalue weighted by Crippen LogP contribution is -2.58. The van der Waals surface area contributed by atoms with Crippen molar-refractivity contribution in [2.24, 2.45) is 16.3 Å². The molecule has 2 N–H and O–H groups in total. The van der Waals surface area contributed by atoms with E-state index in [4.69, 9.17) is 26.1 Å². The smallest absolute Gasteiger partial charge is 0.126 e. The van der Waals surface area contributed by atoms with Crippen molar-refractivity contribution in [1.29, 1.82) is 0 Å². The maximum atomic E-state index is 12.1. The van der Waals surface area contributed by atoms with Crippen LogP contribution in [-0.4, -0.2) is 66.8 Å². The highest BCUT2D eigenvalue weighted by Gasteiger charge is 2.51. The molecule has 0 radical (unpaired) electrons. The van der Waals surface area contributed by atoms with Crippen LogP contribution >= 0.6 is 11.6 Å². The summed E-state index contributed by atoms with van der Waals surface area (Å²) in [5, 5.41) is 23.5. The molecule has 2 aromatic rings. The van der Waals surface area contributed by atoms with Crippen molar-refractivity contribution in [2.45, 2.75) is 57.8 Å². The highest BCUT2D eigenvalue weighted by molar-refractivity contribution is 6.30. The van der Waals surface area contributed by atoms with E-state index in [9.17, 15) is 10.2 Å². The highest BCUT2D eigenvalue weighted by atomic mass is 35.5. The maximum absolute atomic E-state index is 12.1. The molecule has 41 heavy (non-hydrogen) atoms. The normalized spacial score (nSPS) is 29.1. The van der Waals surface area contributed by atoms with Crippen LogP contribution in [0.2, 0.25) is 5.02 Å². The number of hydrogen-bond donors (Lipinski definition) is 2. The summed E-state index contributed by atoms with van der Waals surface area (Å²) in [7, 11) is 0. The first kappa shape index (κ1) is 30.0. The molecule has 3 aliphatic heterocycles. The third kappa shape index (κ3) is 6.18. The van der Waals surface area contributed by atoms with Crippen LogP contribution in [0.3, 0.4) is 0 Å². The SMILES string of the molecule is CCOCC1(C)CN(CC/C=C2/c3cc(C(C)(C)O)ccc3OCC3N=CC=CC23)CCC1(O)c1ccc(Cl)cc1. The lowest BCUT2D eigenvalue weighted by atomic mass is 9.65. The summed E-state index contributed by atoms with van der Waals surface area (Å²) in [6, 6.07) is 13.6. The Morgan fingerprint density at radius 2 is 2.00 bits per heavy atom. The van der Waals surface area contributed by atoms with E-state index < -0.39 is 16.6 Å². The second-order valence-corrected chi connectivity index (χ2v) is 12.8. The van der Waals surface area contributed by atoms with Crippen molar-refractivity contribution in [1.82, 2.24) is 4.90 Å². The Balaban J connectivity index is 1.39. The lowest BCUT2D eigenvalue weighted by molar-refractivity contribution is -0.160. The van der Waals surface area contributed by atoms with Gasteiger partial charge in [-0.15, -0.1) is 0 Å². The topological polar surface area (TPSA) is 74.5 Å². The van der Waals surface area contributed by atoms with E-state index in [0.717, 1.165) is 42.0 Å². The molecule has 0 saturated carbocycles. The zero-order valence-electron chi connectivity index (χ0n) is 24.6. The molecule has 6 nitrogen and oxygen atoms in total. The second kappa shape index (κ2) is 12.0. The molecule has 0 spiro atoms. The van der Waals surface area contributed by atoms with Gasteiger partial charge in [0.05, 0.1) is 23.9 Å². The summed E-state index contributed by atoms with van der Waals surface area (Å²) in [6.45, 7) is 11.7. The van der Waals surface area contributed by atoms with Gasteiger partial charge in [-0.2, -0.15) is 0 Å². The van der Waals surface area contributed by atoms with E-state index in [1.807, 2.05) is 69.5 Å². The predicted molar refractivity (Wildman–Crippen MR) is 166 cm³/mol. The zero-order chi connectivity index (χ0) is 29.3. The fourth-order valence-electron chi connectivity index (χ4n) is 6.50. The molecule has 0 bridgehead atoms. The fourth-order valence-corrected chi connectivity index (χ4v) is 6.63. The molecule has 1 fully saturated rings. The number of likely N-dealkylation sites (tertiary alicyclic amines) is 1. The Hall–Kier alpha value is -2.48.